The molecular formula is C11H16N2O. The van der Waals surface area contributed by atoms with Crippen LogP contribution in [0.1, 0.15) is 12.0 Å². The molecule has 0 amide bonds. The number of nitrogens with zero attached hydrogens (tertiary/aromatic N) is 2. The topological polar surface area (TPSA) is 32.7 Å². The van der Waals surface area contributed by atoms with Gasteiger partial charge in [-0.25, -0.2) is 0 Å². The van der Waals surface area contributed by atoms with Crippen LogP contribution in [0, 0.1) is 11.8 Å². The Morgan fingerprint density at radius 3 is 2.50 bits per heavy atom. The molecule has 0 N–H and O–H groups in total. The molecule has 0 aromatic heterocycles. The molecule has 0 bridgehead atoms. The highest BCUT2D eigenvalue weighted by molar-refractivity contribution is 5.46. The molecule has 1 aromatic rings. The molecule has 76 valence electrons. The number of nitroso groups, excluding NO2 is 1. The van der Waals surface area contributed by atoms with Gasteiger partial charge in [0, 0.05) is 19.3 Å². The zero-order valence-corrected chi connectivity index (χ0v) is 8.73. The summed E-state index contributed by atoms with van der Waals surface area (Å²) in [5.41, 5.74) is 2.44. The summed E-state index contributed by atoms with van der Waals surface area (Å²) in [6.45, 7) is 3.34. The largest absolute Gasteiger partial charge is 0.375 e. The molecule has 0 aliphatic carbocycles. The number of hydrogen-bond donors (Lipinski definition) is 0. The van der Waals surface area contributed by atoms with Crippen LogP contribution in [0.3, 0.4) is 0 Å². The van der Waals surface area contributed by atoms with Gasteiger partial charge in [0.2, 0.25) is 0 Å². The van der Waals surface area contributed by atoms with E-state index in [1.165, 1.54) is 11.3 Å². The number of aryl methyl sites for hydroxylation is 1. The number of hydrogen-bond acceptors (Lipinski definition) is 3. The normalized spacial score (nSPS) is 9.86. The lowest BCUT2D eigenvalue weighted by molar-refractivity contribution is 0.793. The first-order chi connectivity index (χ1) is 6.74. The van der Waals surface area contributed by atoms with Crippen LogP contribution < -0.4 is 4.90 Å². The average Bonchev–Trinajstić information content (AvgIpc) is 2.19. The lowest BCUT2D eigenvalue weighted by atomic mass is 10.2. The van der Waals surface area contributed by atoms with Gasteiger partial charge in [0.15, 0.2) is 0 Å². The molecule has 0 aliphatic heterocycles. The van der Waals surface area contributed by atoms with Gasteiger partial charge in [-0.1, -0.05) is 22.9 Å². The van der Waals surface area contributed by atoms with E-state index in [0.717, 1.165) is 13.0 Å². The zero-order chi connectivity index (χ0) is 10.4. The number of rotatable bonds is 5. The van der Waals surface area contributed by atoms with Crippen LogP contribution in [0.5, 0.6) is 0 Å². The molecule has 0 heterocycles. The van der Waals surface area contributed by atoms with Crippen molar-refractivity contribution in [1.82, 2.24) is 0 Å². The highest BCUT2D eigenvalue weighted by Gasteiger charge is 1.99. The van der Waals surface area contributed by atoms with Crippen LogP contribution in [0.25, 0.3) is 0 Å². The molecule has 3 nitrogen and oxygen atoms in total. The van der Waals surface area contributed by atoms with Crippen LogP contribution in [-0.4, -0.2) is 20.1 Å². The first-order valence-corrected chi connectivity index (χ1v) is 4.81. The molecular weight excluding hydrogens is 176 g/mol. The van der Waals surface area contributed by atoms with Crippen LogP contribution in [0.2, 0.25) is 0 Å². The fourth-order valence-electron chi connectivity index (χ4n) is 1.30. The fourth-order valence-corrected chi connectivity index (χ4v) is 1.30. The maximum absolute atomic E-state index is 9.90. The van der Waals surface area contributed by atoms with E-state index in [1.54, 1.807) is 0 Å². The van der Waals surface area contributed by atoms with Gasteiger partial charge in [-0.2, -0.15) is 4.91 Å². The van der Waals surface area contributed by atoms with Crippen molar-refractivity contribution in [3.63, 3.8) is 0 Å². The first-order valence-electron chi connectivity index (χ1n) is 4.81. The van der Waals surface area contributed by atoms with Gasteiger partial charge in [-0.3, -0.25) is 0 Å². The minimum atomic E-state index is 0.399. The van der Waals surface area contributed by atoms with Crippen LogP contribution >= 0.6 is 0 Å². The van der Waals surface area contributed by atoms with Gasteiger partial charge >= 0.3 is 0 Å². The quantitative estimate of drug-likeness (QED) is 0.530. The fraction of sp³-hybridized carbons (Fsp3) is 0.455. The van der Waals surface area contributed by atoms with Gasteiger partial charge in [-0.05, 0) is 25.5 Å². The molecule has 0 spiro atoms. The minimum absolute atomic E-state index is 0.399. The maximum atomic E-state index is 9.90. The number of anilines is 1. The van der Waals surface area contributed by atoms with Crippen LogP contribution in [0.15, 0.2) is 29.4 Å². The Bertz CT molecular complexity index is 282. The monoisotopic (exact) mass is 192 g/mol. The van der Waals surface area contributed by atoms with Crippen LogP contribution in [-0.2, 0) is 0 Å². The Morgan fingerprint density at radius 1 is 1.29 bits per heavy atom. The molecule has 0 radical (unpaired) electrons. The predicted molar refractivity (Wildman–Crippen MR) is 59.7 cm³/mol. The van der Waals surface area contributed by atoms with Crippen molar-refractivity contribution in [2.45, 2.75) is 13.3 Å². The highest BCUT2D eigenvalue weighted by Crippen LogP contribution is 2.13. The van der Waals surface area contributed by atoms with Crippen molar-refractivity contribution in [3.8, 4) is 0 Å². The smallest absolute Gasteiger partial charge is 0.0828 e. The number of benzene rings is 1. The molecule has 0 saturated carbocycles. The van der Waals surface area contributed by atoms with Gasteiger partial charge in [0.05, 0.1) is 6.54 Å². The molecule has 0 unspecified atom stereocenters. The average molecular weight is 192 g/mol. The zero-order valence-electron chi connectivity index (χ0n) is 8.73. The molecule has 0 saturated heterocycles. The summed E-state index contributed by atoms with van der Waals surface area (Å²) in [7, 11) is 2.02. The Balaban J connectivity index is 2.47. The molecule has 1 aromatic carbocycles. The third-order valence-electron chi connectivity index (χ3n) is 2.22. The second kappa shape index (κ2) is 5.37. The second-order valence-electron chi connectivity index (χ2n) is 3.46. The molecule has 1 rings (SSSR count). The van der Waals surface area contributed by atoms with E-state index in [1.807, 2.05) is 7.05 Å². The lowest BCUT2D eigenvalue weighted by Gasteiger charge is -2.18. The van der Waals surface area contributed by atoms with Crippen molar-refractivity contribution < 1.29 is 0 Å². The summed E-state index contributed by atoms with van der Waals surface area (Å²) >= 11 is 0. The maximum Gasteiger partial charge on any atom is 0.0828 e. The Morgan fingerprint density at radius 2 is 1.93 bits per heavy atom. The second-order valence-corrected chi connectivity index (χ2v) is 3.46. The summed E-state index contributed by atoms with van der Waals surface area (Å²) in [6, 6.07) is 8.35. The summed E-state index contributed by atoms with van der Waals surface area (Å²) < 4.78 is 0. The standard InChI is InChI=1S/C11H16N2O/c1-10-4-6-11(7-5-10)13(2)9-3-8-12-14/h4-7H,3,8-9H2,1-2H3. The van der Waals surface area contributed by atoms with Crippen molar-refractivity contribution in [1.29, 1.82) is 0 Å². The molecule has 0 atom stereocenters. The van der Waals surface area contributed by atoms with E-state index >= 15 is 0 Å². The van der Waals surface area contributed by atoms with Gasteiger partial charge in [-0.15, -0.1) is 0 Å². The Hall–Kier alpha value is -1.38. The Labute approximate surface area is 84.7 Å². The highest BCUT2D eigenvalue weighted by atomic mass is 16.3. The van der Waals surface area contributed by atoms with E-state index in [-0.39, 0.29) is 0 Å². The first kappa shape index (κ1) is 10.7. The molecule has 0 fully saturated rings. The lowest BCUT2D eigenvalue weighted by Crippen LogP contribution is -2.18. The van der Waals surface area contributed by atoms with Crippen molar-refractivity contribution in [3.05, 3.63) is 34.7 Å². The van der Waals surface area contributed by atoms with E-state index < -0.39 is 0 Å². The van der Waals surface area contributed by atoms with E-state index in [2.05, 4.69) is 41.3 Å². The summed E-state index contributed by atoms with van der Waals surface area (Å²) in [5, 5.41) is 2.84. The van der Waals surface area contributed by atoms with Crippen LogP contribution in [0.4, 0.5) is 5.69 Å². The summed E-state index contributed by atoms with van der Waals surface area (Å²) in [6.07, 6.45) is 0.813. The summed E-state index contributed by atoms with van der Waals surface area (Å²) in [4.78, 5) is 12.0. The van der Waals surface area contributed by atoms with E-state index in [4.69, 9.17) is 0 Å². The van der Waals surface area contributed by atoms with Gasteiger partial charge < -0.3 is 4.90 Å². The van der Waals surface area contributed by atoms with E-state index in [9.17, 15) is 4.91 Å². The predicted octanol–water partition coefficient (Wildman–Crippen LogP) is 2.59. The summed E-state index contributed by atoms with van der Waals surface area (Å²) in [5.74, 6) is 0. The van der Waals surface area contributed by atoms with Gasteiger partial charge in [0.1, 0.15) is 0 Å². The Kier molecular flexibility index (Phi) is 4.11. The molecule has 3 heteroatoms. The van der Waals surface area contributed by atoms with Crippen molar-refractivity contribution in [2.75, 3.05) is 25.0 Å². The molecule has 0 aliphatic rings. The van der Waals surface area contributed by atoms with Gasteiger partial charge in [0.25, 0.3) is 0 Å². The van der Waals surface area contributed by atoms with Crippen molar-refractivity contribution >= 4 is 5.69 Å². The van der Waals surface area contributed by atoms with Crippen molar-refractivity contribution in [2.24, 2.45) is 5.18 Å². The SMILES string of the molecule is Cc1ccc(N(C)CCCN=O)cc1. The third kappa shape index (κ3) is 3.17. The minimum Gasteiger partial charge on any atom is -0.375 e. The molecule has 14 heavy (non-hydrogen) atoms. The van der Waals surface area contributed by atoms with E-state index in [0.29, 0.717) is 6.54 Å². The third-order valence-corrected chi connectivity index (χ3v) is 2.22.